The first kappa shape index (κ1) is 21.4. The highest BCUT2D eigenvalue weighted by molar-refractivity contribution is 7.99. The second kappa shape index (κ2) is 9.04. The van der Waals surface area contributed by atoms with Gasteiger partial charge in [-0.25, -0.2) is 8.42 Å². The number of benzene rings is 1. The molecule has 1 fully saturated rings. The molecule has 6 nitrogen and oxygen atoms in total. The number of nitrogens with one attached hydrogen (secondary N) is 1. The molecule has 2 aromatic rings. The van der Waals surface area contributed by atoms with Gasteiger partial charge in [0.1, 0.15) is 9.96 Å². The number of anilines is 1. The molecule has 0 bridgehead atoms. The first-order valence-corrected chi connectivity index (χ1v) is 12.4. The molecule has 1 aromatic carbocycles. The molecule has 1 aliphatic heterocycles. The van der Waals surface area contributed by atoms with Crippen molar-refractivity contribution in [2.24, 2.45) is 0 Å². The average Bonchev–Trinajstić information content (AvgIpc) is 3.05. The van der Waals surface area contributed by atoms with Gasteiger partial charge in [-0.1, -0.05) is 17.7 Å². The molecular weight excluding hydrogens is 440 g/mol. The molecule has 3 rings (SSSR count). The fraction of sp³-hybridized carbons (Fsp3) is 0.389. The van der Waals surface area contributed by atoms with E-state index in [2.05, 4.69) is 5.32 Å². The topological polar surface area (TPSA) is 75.7 Å². The van der Waals surface area contributed by atoms with Gasteiger partial charge < -0.3 is 10.1 Å². The van der Waals surface area contributed by atoms with Crippen LogP contribution in [0, 0.1) is 6.92 Å². The number of thioether (sulfide) groups is 1. The van der Waals surface area contributed by atoms with E-state index in [0.29, 0.717) is 35.1 Å². The number of hydrogen-bond acceptors (Lipinski definition) is 6. The van der Waals surface area contributed by atoms with Crippen LogP contribution in [-0.4, -0.2) is 50.3 Å². The van der Waals surface area contributed by atoms with E-state index in [9.17, 15) is 13.2 Å². The van der Waals surface area contributed by atoms with Crippen molar-refractivity contribution < 1.29 is 17.9 Å². The monoisotopic (exact) mass is 460 g/mol. The molecule has 28 heavy (non-hydrogen) atoms. The van der Waals surface area contributed by atoms with Gasteiger partial charge in [-0.15, -0.1) is 11.3 Å². The zero-order chi connectivity index (χ0) is 20.3. The molecule has 1 aromatic heterocycles. The van der Waals surface area contributed by atoms with Crippen molar-refractivity contribution >= 4 is 56.3 Å². The predicted molar refractivity (Wildman–Crippen MR) is 115 cm³/mol. The van der Waals surface area contributed by atoms with Crippen LogP contribution in [0.1, 0.15) is 10.4 Å². The first-order valence-electron chi connectivity index (χ1n) is 8.62. The number of methoxy groups -OCH3 is 1. The number of carbonyl (C=O) groups excluding carboxylic acids is 1. The molecule has 152 valence electrons. The number of aryl methyl sites for hydroxylation is 1. The van der Waals surface area contributed by atoms with Gasteiger partial charge >= 0.3 is 0 Å². The van der Waals surface area contributed by atoms with Crippen molar-refractivity contribution in [3.05, 3.63) is 39.7 Å². The zero-order valence-corrected chi connectivity index (χ0v) is 18.7. The lowest BCUT2D eigenvalue weighted by atomic mass is 10.1. The minimum atomic E-state index is -3.52. The van der Waals surface area contributed by atoms with Crippen LogP contribution in [0.2, 0.25) is 5.02 Å². The summed E-state index contributed by atoms with van der Waals surface area (Å²) in [7, 11) is -1.97. The number of sulfonamides is 1. The first-order chi connectivity index (χ1) is 13.3. The summed E-state index contributed by atoms with van der Waals surface area (Å²) in [4.78, 5) is 13.2. The van der Waals surface area contributed by atoms with Crippen LogP contribution in [0.5, 0.6) is 5.75 Å². The van der Waals surface area contributed by atoms with Crippen molar-refractivity contribution in [2.45, 2.75) is 17.6 Å². The lowest BCUT2D eigenvalue weighted by Crippen LogP contribution is -2.37. The second-order valence-electron chi connectivity index (χ2n) is 6.23. The number of amides is 1. The average molecular weight is 461 g/mol. The Morgan fingerprint density at radius 3 is 2.64 bits per heavy atom. The molecule has 0 unspecified atom stereocenters. The zero-order valence-electron chi connectivity index (χ0n) is 15.5. The van der Waals surface area contributed by atoms with E-state index in [0.717, 1.165) is 16.4 Å². The Morgan fingerprint density at radius 1 is 1.29 bits per heavy atom. The van der Waals surface area contributed by atoms with E-state index in [1.165, 1.54) is 15.6 Å². The molecule has 2 heterocycles. The number of thiophene rings is 1. The van der Waals surface area contributed by atoms with Gasteiger partial charge in [-0.2, -0.15) is 16.1 Å². The summed E-state index contributed by atoms with van der Waals surface area (Å²) in [6.07, 6.45) is 0.0869. The van der Waals surface area contributed by atoms with Crippen molar-refractivity contribution in [1.82, 2.24) is 4.31 Å². The minimum absolute atomic E-state index is 0.0869. The van der Waals surface area contributed by atoms with Crippen LogP contribution >= 0.6 is 34.7 Å². The summed E-state index contributed by atoms with van der Waals surface area (Å²) in [6, 6.07) is 6.68. The lowest BCUT2D eigenvalue weighted by molar-refractivity contribution is -0.115. The minimum Gasteiger partial charge on any atom is -0.497 e. The maximum absolute atomic E-state index is 12.8. The van der Waals surface area contributed by atoms with E-state index >= 15 is 0 Å². The number of nitrogens with zero attached hydrogens (tertiary/aromatic N) is 1. The third-order valence-electron chi connectivity index (χ3n) is 4.34. The summed E-state index contributed by atoms with van der Waals surface area (Å²) in [5.74, 6) is 1.96. The van der Waals surface area contributed by atoms with Gasteiger partial charge in [0.2, 0.25) is 5.91 Å². The SMILES string of the molecule is COc1ccc(CC(=O)Nc2cc(S(=O)(=O)N3CCSCC3)sc2C)c(Cl)c1. The van der Waals surface area contributed by atoms with E-state index in [1.807, 2.05) is 0 Å². The summed E-state index contributed by atoms with van der Waals surface area (Å²) in [6.45, 7) is 2.83. The summed E-state index contributed by atoms with van der Waals surface area (Å²) < 4.78 is 32.5. The van der Waals surface area contributed by atoms with E-state index in [4.69, 9.17) is 16.3 Å². The predicted octanol–water partition coefficient (Wildman–Crippen LogP) is 3.64. The largest absolute Gasteiger partial charge is 0.497 e. The van der Waals surface area contributed by atoms with Gasteiger partial charge in [-0.05, 0) is 30.7 Å². The van der Waals surface area contributed by atoms with Crippen molar-refractivity contribution in [3.63, 3.8) is 0 Å². The van der Waals surface area contributed by atoms with Gasteiger partial charge in [0, 0.05) is 34.5 Å². The number of halogens is 1. The molecule has 0 atom stereocenters. The van der Waals surface area contributed by atoms with Crippen LogP contribution in [-0.2, 0) is 21.2 Å². The lowest BCUT2D eigenvalue weighted by Gasteiger charge is -2.24. The van der Waals surface area contributed by atoms with Crippen LogP contribution in [0.4, 0.5) is 5.69 Å². The molecule has 10 heteroatoms. The number of rotatable bonds is 6. The summed E-state index contributed by atoms with van der Waals surface area (Å²) in [5, 5.41) is 3.25. The van der Waals surface area contributed by atoms with Crippen LogP contribution in [0.25, 0.3) is 0 Å². The maximum Gasteiger partial charge on any atom is 0.252 e. The molecule has 1 aliphatic rings. The third kappa shape index (κ3) is 4.83. The Balaban J connectivity index is 1.72. The smallest absolute Gasteiger partial charge is 0.252 e. The molecule has 1 N–H and O–H groups in total. The number of hydrogen-bond donors (Lipinski definition) is 1. The Bertz CT molecular complexity index is 969. The molecular formula is C18H21ClN2O4S3. The van der Waals surface area contributed by atoms with Crippen LogP contribution in [0.3, 0.4) is 0 Å². The second-order valence-corrected chi connectivity index (χ2v) is 11.3. The fourth-order valence-corrected chi connectivity index (χ4v) is 7.15. The Hall–Kier alpha value is -1.26. The van der Waals surface area contributed by atoms with E-state index < -0.39 is 10.0 Å². The van der Waals surface area contributed by atoms with Gasteiger partial charge in [0.05, 0.1) is 19.2 Å². The van der Waals surface area contributed by atoms with E-state index in [1.54, 1.807) is 50.1 Å². The van der Waals surface area contributed by atoms with Gasteiger partial charge in [-0.3, -0.25) is 4.79 Å². The highest BCUT2D eigenvalue weighted by atomic mass is 35.5. The van der Waals surface area contributed by atoms with Crippen LogP contribution < -0.4 is 10.1 Å². The Labute approximate surface area is 178 Å². The summed E-state index contributed by atoms with van der Waals surface area (Å²) in [5.41, 5.74) is 1.19. The van der Waals surface area contributed by atoms with Crippen molar-refractivity contribution in [1.29, 1.82) is 0 Å². The summed E-state index contributed by atoms with van der Waals surface area (Å²) >= 11 is 9.12. The van der Waals surface area contributed by atoms with Crippen molar-refractivity contribution in [3.8, 4) is 5.75 Å². The normalized spacial score (nSPS) is 15.4. The van der Waals surface area contributed by atoms with Crippen molar-refractivity contribution in [2.75, 3.05) is 37.0 Å². The van der Waals surface area contributed by atoms with Gasteiger partial charge in [0.25, 0.3) is 10.0 Å². The quantitative estimate of drug-likeness (QED) is 0.712. The fourth-order valence-electron chi connectivity index (χ4n) is 2.79. The number of carbonyl (C=O) groups is 1. The molecule has 1 amide bonds. The highest BCUT2D eigenvalue weighted by Gasteiger charge is 2.28. The molecule has 0 spiro atoms. The van der Waals surface area contributed by atoms with E-state index in [-0.39, 0.29) is 16.5 Å². The standard InChI is InChI=1S/C18H21ClN2O4S3/c1-12-16(11-18(27-12)28(23,24)21-5-7-26-8-6-21)20-17(22)9-13-3-4-14(25-2)10-15(13)19/h3-4,10-11H,5-9H2,1-2H3,(H,20,22). The Morgan fingerprint density at radius 2 is 2.00 bits per heavy atom. The Kier molecular flexibility index (Phi) is 6.93. The van der Waals surface area contributed by atoms with Gasteiger partial charge in [0.15, 0.2) is 0 Å². The highest BCUT2D eigenvalue weighted by Crippen LogP contribution is 2.33. The molecule has 1 saturated heterocycles. The maximum atomic E-state index is 12.8. The molecule has 0 aliphatic carbocycles. The molecule has 0 radical (unpaired) electrons. The number of ether oxygens (including phenoxy) is 1. The van der Waals surface area contributed by atoms with Crippen LogP contribution in [0.15, 0.2) is 28.5 Å². The third-order valence-corrected chi connectivity index (χ3v) is 9.04. The molecule has 0 saturated carbocycles.